The second-order valence-electron chi connectivity index (χ2n) is 6.32. The van der Waals surface area contributed by atoms with Gasteiger partial charge >= 0.3 is 0 Å². The Bertz CT molecular complexity index is 1260. The van der Waals surface area contributed by atoms with E-state index in [2.05, 4.69) is 31.9 Å². The summed E-state index contributed by atoms with van der Waals surface area (Å²) in [4.78, 5) is 17.3. The van der Waals surface area contributed by atoms with Crippen molar-refractivity contribution in [2.75, 3.05) is 5.32 Å². The summed E-state index contributed by atoms with van der Waals surface area (Å²) in [5, 5.41) is 15.0. The Hall–Kier alpha value is -3.91. The van der Waals surface area contributed by atoms with Gasteiger partial charge in [-0.15, -0.1) is 16.4 Å². The van der Waals surface area contributed by atoms with E-state index in [4.69, 9.17) is 0 Å². The molecule has 0 saturated heterocycles. The molecular formula is C21H14N6OS. The molecule has 2 heterocycles. The largest absolute Gasteiger partial charge is 0.322 e. The number of amides is 1. The molecule has 0 unspecified atom stereocenters. The van der Waals surface area contributed by atoms with Gasteiger partial charge in [0.25, 0.3) is 5.91 Å². The number of fused-ring (bicyclic) bond motifs is 1. The molecule has 7 nitrogen and oxygen atoms in total. The predicted molar refractivity (Wildman–Crippen MR) is 112 cm³/mol. The van der Waals surface area contributed by atoms with Crippen molar-refractivity contribution in [3.63, 3.8) is 0 Å². The number of aromatic nitrogens is 5. The van der Waals surface area contributed by atoms with Crippen LogP contribution in [-0.2, 0) is 0 Å². The maximum absolute atomic E-state index is 12.6. The van der Waals surface area contributed by atoms with Crippen molar-refractivity contribution in [1.29, 1.82) is 0 Å². The van der Waals surface area contributed by atoms with Gasteiger partial charge in [-0.1, -0.05) is 18.2 Å². The molecule has 0 radical (unpaired) electrons. The third-order valence-electron chi connectivity index (χ3n) is 4.41. The van der Waals surface area contributed by atoms with Gasteiger partial charge in [-0.3, -0.25) is 4.79 Å². The van der Waals surface area contributed by atoms with Crippen molar-refractivity contribution in [2.24, 2.45) is 0 Å². The number of carbonyl (C=O) groups excluding carboxylic acids is 1. The molecule has 2 aromatic heterocycles. The van der Waals surface area contributed by atoms with Crippen molar-refractivity contribution in [3.05, 3.63) is 84.7 Å². The van der Waals surface area contributed by atoms with Crippen molar-refractivity contribution >= 4 is 33.1 Å². The lowest BCUT2D eigenvalue weighted by molar-refractivity contribution is 0.102. The number of thiazole rings is 1. The van der Waals surface area contributed by atoms with E-state index in [9.17, 15) is 4.79 Å². The van der Waals surface area contributed by atoms with Crippen LogP contribution in [0.4, 0.5) is 5.69 Å². The second kappa shape index (κ2) is 7.25. The van der Waals surface area contributed by atoms with Gasteiger partial charge in [0, 0.05) is 16.8 Å². The highest BCUT2D eigenvalue weighted by atomic mass is 32.1. The number of benzene rings is 3. The number of carbonyl (C=O) groups is 1. The maximum Gasteiger partial charge on any atom is 0.255 e. The first-order valence-electron chi connectivity index (χ1n) is 8.87. The van der Waals surface area contributed by atoms with E-state index in [-0.39, 0.29) is 5.91 Å². The van der Waals surface area contributed by atoms with Gasteiger partial charge in [0.1, 0.15) is 11.3 Å². The van der Waals surface area contributed by atoms with Gasteiger partial charge in [0.15, 0.2) is 0 Å². The molecule has 1 N–H and O–H groups in total. The number of hydrogen-bond acceptors (Lipinski definition) is 6. The van der Waals surface area contributed by atoms with Crippen molar-refractivity contribution < 1.29 is 4.79 Å². The van der Waals surface area contributed by atoms with Gasteiger partial charge in [0.05, 0.1) is 15.9 Å². The van der Waals surface area contributed by atoms with Crippen LogP contribution in [0.1, 0.15) is 10.4 Å². The standard InChI is InChI=1S/C21H14N6OS/c28-20(15-4-3-5-17(12-15)27-13-22-25-26-27)23-16-10-8-14(9-11-16)21-24-18-6-1-2-7-19(18)29-21/h1-13H,(H,23,28). The van der Waals surface area contributed by atoms with E-state index in [0.717, 1.165) is 20.8 Å². The zero-order chi connectivity index (χ0) is 19.6. The van der Waals surface area contributed by atoms with Crippen LogP contribution in [0, 0.1) is 0 Å². The maximum atomic E-state index is 12.6. The number of nitrogens with zero attached hydrogens (tertiary/aromatic N) is 5. The molecule has 0 spiro atoms. The van der Waals surface area contributed by atoms with E-state index in [1.54, 1.807) is 29.5 Å². The fourth-order valence-electron chi connectivity index (χ4n) is 2.96. The lowest BCUT2D eigenvalue weighted by Crippen LogP contribution is -2.12. The molecule has 29 heavy (non-hydrogen) atoms. The molecular weight excluding hydrogens is 384 g/mol. The summed E-state index contributed by atoms with van der Waals surface area (Å²) in [5.41, 5.74) is 3.96. The summed E-state index contributed by atoms with van der Waals surface area (Å²) in [6.45, 7) is 0. The van der Waals surface area contributed by atoms with Crippen LogP contribution in [0.2, 0.25) is 0 Å². The molecule has 140 valence electrons. The lowest BCUT2D eigenvalue weighted by Gasteiger charge is -2.07. The van der Waals surface area contributed by atoms with Crippen LogP contribution in [0.3, 0.4) is 0 Å². The molecule has 3 aromatic carbocycles. The van der Waals surface area contributed by atoms with Crippen LogP contribution in [-0.4, -0.2) is 31.1 Å². The van der Waals surface area contributed by atoms with Crippen molar-refractivity contribution in [3.8, 4) is 16.3 Å². The molecule has 1 amide bonds. The highest BCUT2D eigenvalue weighted by Gasteiger charge is 2.10. The molecule has 0 atom stereocenters. The molecule has 8 heteroatoms. The number of rotatable bonds is 4. The molecule has 0 aliphatic heterocycles. The summed E-state index contributed by atoms with van der Waals surface area (Å²) in [5.74, 6) is -0.201. The first kappa shape index (κ1) is 17.2. The summed E-state index contributed by atoms with van der Waals surface area (Å²) in [6, 6.07) is 22.9. The minimum atomic E-state index is -0.201. The molecule has 5 rings (SSSR count). The third kappa shape index (κ3) is 3.48. The van der Waals surface area contributed by atoms with Crippen molar-refractivity contribution in [2.45, 2.75) is 0 Å². The Morgan fingerprint density at radius 2 is 1.83 bits per heavy atom. The van der Waals surface area contributed by atoms with E-state index in [1.807, 2.05) is 48.5 Å². The summed E-state index contributed by atoms with van der Waals surface area (Å²) >= 11 is 1.65. The monoisotopic (exact) mass is 398 g/mol. The molecule has 0 aliphatic rings. The van der Waals surface area contributed by atoms with Gasteiger partial charge in [-0.25, -0.2) is 9.67 Å². The van der Waals surface area contributed by atoms with Crippen LogP contribution in [0.5, 0.6) is 0 Å². The topological polar surface area (TPSA) is 85.6 Å². The minimum Gasteiger partial charge on any atom is -0.322 e. The van der Waals surface area contributed by atoms with Gasteiger partial charge in [0.2, 0.25) is 0 Å². The average Bonchev–Trinajstić information content (AvgIpc) is 3.44. The molecule has 0 aliphatic carbocycles. The zero-order valence-corrected chi connectivity index (χ0v) is 15.9. The predicted octanol–water partition coefficient (Wildman–Crippen LogP) is 4.19. The quantitative estimate of drug-likeness (QED) is 0.491. The normalized spacial score (nSPS) is 10.9. The van der Waals surface area contributed by atoms with Gasteiger partial charge in [-0.05, 0) is 65.0 Å². The van der Waals surface area contributed by atoms with E-state index in [0.29, 0.717) is 16.9 Å². The SMILES string of the molecule is O=C(Nc1ccc(-c2nc3ccccc3s2)cc1)c1cccc(-n2cnnn2)c1. The number of anilines is 1. The fourth-order valence-corrected chi connectivity index (χ4v) is 3.94. The molecule has 0 saturated carbocycles. The number of para-hydroxylation sites is 1. The van der Waals surface area contributed by atoms with Crippen LogP contribution >= 0.6 is 11.3 Å². The summed E-state index contributed by atoms with van der Waals surface area (Å²) in [7, 11) is 0. The fraction of sp³-hybridized carbons (Fsp3) is 0. The minimum absolute atomic E-state index is 0.201. The van der Waals surface area contributed by atoms with E-state index < -0.39 is 0 Å². The number of tetrazole rings is 1. The zero-order valence-electron chi connectivity index (χ0n) is 15.1. The Morgan fingerprint density at radius 1 is 0.966 bits per heavy atom. The highest BCUT2D eigenvalue weighted by Crippen LogP contribution is 2.30. The Labute approximate surface area is 169 Å². The first-order chi connectivity index (χ1) is 14.3. The Balaban J connectivity index is 1.34. The molecule has 5 aromatic rings. The van der Waals surface area contributed by atoms with Gasteiger partial charge < -0.3 is 5.32 Å². The Morgan fingerprint density at radius 3 is 2.62 bits per heavy atom. The summed E-state index contributed by atoms with van der Waals surface area (Å²) < 4.78 is 2.66. The first-order valence-corrected chi connectivity index (χ1v) is 9.69. The highest BCUT2D eigenvalue weighted by molar-refractivity contribution is 7.21. The van der Waals surface area contributed by atoms with E-state index in [1.165, 1.54) is 11.0 Å². The smallest absolute Gasteiger partial charge is 0.255 e. The third-order valence-corrected chi connectivity index (χ3v) is 5.49. The van der Waals surface area contributed by atoms with E-state index >= 15 is 0 Å². The summed E-state index contributed by atoms with van der Waals surface area (Å²) in [6.07, 6.45) is 1.48. The average molecular weight is 398 g/mol. The van der Waals surface area contributed by atoms with Crippen LogP contribution in [0.15, 0.2) is 79.1 Å². The van der Waals surface area contributed by atoms with Crippen molar-refractivity contribution in [1.82, 2.24) is 25.2 Å². The molecule has 0 fully saturated rings. The van der Waals surface area contributed by atoms with Crippen LogP contribution < -0.4 is 5.32 Å². The van der Waals surface area contributed by atoms with Gasteiger partial charge in [-0.2, -0.15) is 0 Å². The second-order valence-corrected chi connectivity index (χ2v) is 7.35. The number of hydrogen-bond donors (Lipinski definition) is 1. The lowest BCUT2D eigenvalue weighted by atomic mass is 10.1. The molecule has 0 bridgehead atoms. The number of nitrogens with one attached hydrogen (secondary N) is 1. The van der Waals surface area contributed by atoms with Crippen LogP contribution in [0.25, 0.3) is 26.5 Å². The Kier molecular flexibility index (Phi) is 4.30.